The summed E-state index contributed by atoms with van der Waals surface area (Å²) in [6.45, 7) is 1.54. The smallest absolute Gasteiger partial charge is 0.481 e. The van der Waals surface area contributed by atoms with E-state index in [1.807, 2.05) is 0 Å². The van der Waals surface area contributed by atoms with Crippen molar-refractivity contribution in [1.82, 2.24) is 4.98 Å². The van der Waals surface area contributed by atoms with Gasteiger partial charge in [-0.3, -0.25) is 10.1 Å². The zero-order valence-corrected chi connectivity index (χ0v) is 14.0. The molecule has 1 heterocycles. The van der Waals surface area contributed by atoms with Gasteiger partial charge < -0.3 is 14.6 Å². The molecule has 0 saturated heterocycles. The highest BCUT2D eigenvalue weighted by molar-refractivity contribution is 5.80. The Kier molecular flexibility index (Phi) is 5.52. The van der Waals surface area contributed by atoms with Crippen LogP contribution in [0.15, 0.2) is 24.4 Å². The van der Waals surface area contributed by atoms with E-state index in [1.54, 1.807) is 0 Å². The number of carboxylic acid groups (broad SMARTS) is 1. The molecule has 11 heteroatoms. The lowest BCUT2D eigenvalue weighted by Crippen LogP contribution is -2.10. The van der Waals surface area contributed by atoms with Crippen molar-refractivity contribution in [2.24, 2.45) is 0 Å². The maximum atomic E-state index is 13.3. The van der Waals surface area contributed by atoms with Gasteiger partial charge in [-0.2, -0.15) is 13.2 Å². The number of nitro benzene ring substituents is 1. The molecule has 27 heavy (non-hydrogen) atoms. The monoisotopic (exact) mass is 386 g/mol. The van der Waals surface area contributed by atoms with Crippen molar-refractivity contribution in [2.45, 2.75) is 19.5 Å². The molecule has 2 rings (SSSR count). The summed E-state index contributed by atoms with van der Waals surface area (Å²) in [5, 5.41) is 20.1. The summed E-state index contributed by atoms with van der Waals surface area (Å²) >= 11 is 0. The van der Waals surface area contributed by atoms with Gasteiger partial charge in [-0.05, 0) is 18.6 Å². The Morgan fingerprint density at radius 2 is 2.04 bits per heavy atom. The van der Waals surface area contributed by atoms with Gasteiger partial charge >= 0.3 is 12.3 Å². The zero-order valence-electron chi connectivity index (χ0n) is 14.0. The topological polar surface area (TPSA) is 112 Å². The standard InChI is InChI=1S/C16H13F3N2O6/c1-3-9-11(21(24)25)4-5-12(27-15(22)23)13(9)8-6-10(16(17,18)19)14(26-2)20-7-8/h4-7H,3H2,1-2H3,(H,22,23). The van der Waals surface area contributed by atoms with E-state index in [4.69, 9.17) is 5.11 Å². The van der Waals surface area contributed by atoms with Crippen molar-refractivity contribution >= 4 is 11.8 Å². The molecular formula is C16H13F3N2O6. The van der Waals surface area contributed by atoms with Crippen molar-refractivity contribution < 1.29 is 37.5 Å². The molecule has 1 N–H and O–H groups in total. The first kappa shape index (κ1) is 19.9. The number of alkyl halides is 3. The average Bonchev–Trinajstić information content (AvgIpc) is 2.59. The zero-order chi connectivity index (χ0) is 20.4. The Balaban J connectivity index is 2.84. The fourth-order valence-electron chi connectivity index (χ4n) is 2.59. The van der Waals surface area contributed by atoms with Crippen LogP contribution >= 0.6 is 0 Å². The maximum Gasteiger partial charge on any atom is 0.511 e. The Labute approximate surface area is 150 Å². The summed E-state index contributed by atoms with van der Waals surface area (Å²) < 4.78 is 49.1. The first-order valence-corrected chi connectivity index (χ1v) is 7.42. The van der Waals surface area contributed by atoms with Crippen molar-refractivity contribution in [3.63, 3.8) is 0 Å². The van der Waals surface area contributed by atoms with Gasteiger partial charge in [0, 0.05) is 29.0 Å². The average molecular weight is 386 g/mol. The molecular weight excluding hydrogens is 373 g/mol. The quantitative estimate of drug-likeness (QED) is 0.353. The van der Waals surface area contributed by atoms with Crippen LogP contribution in [0.2, 0.25) is 0 Å². The number of nitro groups is 1. The lowest BCUT2D eigenvalue weighted by molar-refractivity contribution is -0.385. The Morgan fingerprint density at radius 3 is 2.52 bits per heavy atom. The van der Waals surface area contributed by atoms with Gasteiger partial charge in [-0.1, -0.05) is 6.92 Å². The first-order valence-electron chi connectivity index (χ1n) is 7.42. The number of aromatic nitrogens is 1. The second-order valence-corrected chi connectivity index (χ2v) is 5.19. The van der Waals surface area contributed by atoms with Crippen molar-refractivity contribution in [2.75, 3.05) is 7.11 Å². The molecule has 0 radical (unpaired) electrons. The highest BCUT2D eigenvalue weighted by Gasteiger charge is 2.36. The summed E-state index contributed by atoms with van der Waals surface area (Å²) in [7, 11) is 1.01. The third-order valence-corrected chi connectivity index (χ3v) is 3.64. The predicted octanol–water partition coefficient (Wildman–Crippen LogP) is 4.30. The van der Waals surface area contributed by atoms with Gasteiger partial charge in [0.25, 0.3) is 5.69 Å². The van der Waals surface area contributed by atoms with Crippen LogP contribution in [0.25, 0.3) is 11.1 Å². The Morgan fingerprint density at radius 1 is 1.37 bits per heavy atom. The number of methoxy groups -OCH3 is 1. The molecule has 0 fully saturated rings. The number of pyridine rings is 1. The number of carbonyl (C=O) groups is 1. The lowest BCUT2D eigenvalue weighted by atomic mass is 9.95. The third-order valence-electron chi connectivity index (χ3n) is 3.64. The van der Waals surface area contributed by atoms with Gasteiger partial charge in [0.2, 0.25) is 5.88 Å². The molecule has 0 amide bonds. The predicted molar refractivity (Wildman–Crippen MR) is 85.9 cm³/mol. The van der Waals surface area contributed by atoms with E-state index >= 15 is 0 Å². The van der Waals surface area contributed by atoms with E-state index in [-0.39, 0.29) is 34.5 Å². The van der Waals surface area contributed by atoms with Crippen LogP contribution in [0.4, 0.5) is 23.7 Å². The number of ether oxygens (including phenoxy) is 2. The minimum atomic E-state index is -4.81. The fraction of sp³-hybridized carbons (Fsp3) is 0.250. The number of halogens is 3. The third kappa shape index (κ3) is 4.07. The van der Waals surface area contributed by atoms with Crippen LogP contribution in [-0.2, 0) is 12.6 Å². The first-order chi connectivity index (χ1) is 12.6. The largest absolute Gasteiger partial charge is 0.511 e. The van der Waals surface area contributed by atoms with E-state index in [9.17, 15) is 28.1 Å². The van der Waals surface area contributed by atoms with Gasteiger partial charge in [0.15, 0.2) is 0 Å². The highest BCUT2D eigenvalue weighted by Crippen LogP contribution is 2.42. The van der Waals surface area contributed by atoms with E-state index in [0.717, 1.165) is 25.4 Å². The normalized spacial score (nSPS) is 11.1. The molecule has 1 aromatic heterocycles. The second kappa shape index (κ2) is 7.48. The molecule has 0 saturated carbocycles. The molecule has 144 valence electrons. The molecule has 0 aliphatic carbocycles. The molecule has 0 atom stereocenters. The summed E-state index contributed by atoms with van der Waals surface area (Å²) in [4.78, 5) is 25.1. The number of hydrogen-bond donors (Lipinski definition) is 1. The molecule has 0 unspecified atom stereocenters. The van der Waals surface area contributed by atoms with Gasteiger partial charge in [0.05, 0.1) is 12.0 Å². The fourth-order valence-corrected chi connectivity index (χ4v) is 2.59. The summed E-state index contributed by atoms with van der Waals surface area (Å²) in [6.07, 6.45) is -5.49. The minimum absolute atomic E-state index is 0.0128. The summed E-state index contributed by atoms with van der Waals surface area (Å²) in [5.41, 5.74) is -1.93. The number of rotatable bonds is 5. The molecule has 0 aliphatic rings. The van der Waals surface area contributed by atoms with E-state index in [1.165, 1.54) is 6.92 Å². The second-order valence-electron chi connectivity index (χ2n) is 5.19. The maximum absolute atomic E-state index is 13.3. The molecule has 8 nitrogen and oxygen atoms in total. The van der Waals surface area contributed by atoms with E-state index in [2.05, 4.69) is 14.5 Å². The van der Waals surface area contributed by atoms with Gasteiger partial charge in [-0.25, -0.2) is 9.78 Å². The molecule has 0 aliphatic heterocycles. The lowest BCUT2D eigenvalue weighted by Gasteiger charge is -2.16. The van der Waals surface area contributed by atoms with Crippen LogP contribution in [0, 0.1) is 10.1 Å². The van der Waals surface area contributed by atoms with Crippen LogP contribution < -0.4 is 9.47 Å². The molecule has 1 aromatic carbocycles. The number of benzene rings is 1. The number of hydrogen-bond acceptors (Lipinski definition) is 6. The SMILES string of the molecule is CCc1c([N+](=O)[O-])ccc(OC(=O)O)c1-c1cnc(OC)c(C(F)(F)F)c1. The van der Waals surface area contributed by atoms with Crippen LogP contribution in [-0.4, -0.2) is 28.3 Å². The van der Waals surface area contributed by atoms with E-state index in [0.29, 0.717) is 6.07 Å². The van der Waals surface area contributed by atoms with Crippen LogP contribution in [0.3, 0.4) is 0 Å². The van der Waals surface area contributed by atoms with Crippen molar-refractivity contribution in [1.29, 1.82) is 0 Å². The Hall–Kier alpha value is -3.37. The molecule has 2 aromatic rings. The number of nitrogens with zero attached hydrogens (tertiary/aromatic N) is 2. The van der Waals surface area contributed by atoms with Crippen LogP contribution in [0.5, 0.6) is 11.6 Å². The minimum Gasteiger partial charge on any atom is -0.481 e. The summed E-state index contributed by atoms with van der Waals surface area (Å²) in [5.74, 6) is -1.03. The van der Waals surface area contributed by atoms with Crippen molar-refractivity contribution in [3.05, 3.63) is 45.6 Å². The van der Waals surface area contributed by atoms with Gasteiger partial charge in [-0.15, -0.1) is 0 Å². The van der Waals surface area contributed by atoms with Crippen molar-refractivity contribution in [3.8, 4) is 22.8 Å². The van der Waals surface area contributed by atoms with Crippen LogP contribution in [0.1, 0.15) is 18.1 Å². The van der Waals surface area contributed by atoms with E-state index < -0.39 is 28.7 Å². The Bertz CT molecular complexity index is 898. The summed E-state index contributed by atoms with van der Waals surface area (Å²) in [6, 6.07) is 2.72. The molecule has 0 spiro atoms. The van der Waals surface area contributed by atoms with Gasteiger partial charge in [0.1, 0.15) is 11.3 Å². The molecule has 0 bridgehead atoms. The highest BCUT2D eigenvalue weighted by atomic mass is 19.4.